The third-order valence-electron chi connectivity index (χ3n) is 3.78. The number of imidazole rings is 1. The SMILES string of the molecule is Cc1ccc2nc(N)n(CCN(C)C3CC3)c2c1. The van der Waals surface area contributed by atoms with E-state index in [1.807, 2.05) is 6.07 Å². The van der Waals surface area contributed by atoms with Crippen molar-refractivity contribution in [1.29, 1.82) is 0 Å². The monoisotopic (exact) mass is 244 g/mol. The Hall–Kier alpha value is -1.55. The van der Waals surface area contributed by atoms with E-state index < -0.39 is 0 Å². The van der Waals surface area contributed by atoms with Crippen LogP contribution in [0.25, 0.3) is 11.0 Å². The molecule has 2 N–H and O–H groups in total. The van der Waals surface area contributed by atoms with E-state index in [1.54, 1.807) is 0 Å². The van der Waals surface area contributed by atoms with Gasteiger partial charge in [0.2, 0.25) is 5.95 Å². The Bertz CT molecular complexity index is 568. The average Bonchev–Trinajstić information content (AvgIpc) is 3.12. The Morgan fingerprint density at radius 1 is 1.44 bits per heavy atom. The number of likely N-dealkylation sites (N-methyl/N-ethyl adjacent to an activating group) is 1. The summed E-state index contributed by atoms with van der Waals surface area (Å²) in [5.41, 5.74) is 9.41. The Morgan fingerprint density at radius 2 is 2.22 bits per heavy atom. The molecule has 1 saturated carbocycles. The number of hydrogen-bond acceptors (Lipinski definition) is 3. The summed E-state index contributed by atoms with van der Waals surface area (Å²) < 4.78 is 2.13. The topological polar surface area (TPSA) is 47.1 Å². The van der Waals surface area contributed by atoms with Crippen LogP contribution < -0.4 is 5.73 Å². The smallest absolute Gasteiger partial charge is 0.201 e. The van der Waals surface area contributed by atoms with E-state index in [0.717, 1.165) is 30.2 Å². The summed E-state index contributed by atoms with van der Waals surface area (Å²) in [6.45, 7) is 4.05. The molecule has 0 saturated heterocycles. The number of fused-ring (bicyclic) bond motifs is 1. The van der Waals surface area contributed by atoms with E-state index >= 15 is 0 Å². The molecule has 2 aromatic rings. The van der Waals surface area contributed by atoms with Gasteiger partial charge in [0.1, 0.15) is 0 Å². The molecule has 4 nitrogen and oxygen atoms in total. The molecule has 1 aromatic heterocycles. The number of nitrogens with zero attached hydrogens (tertiary/aromatic N) is 3. The first-order valence-electron chi connectivity index (χ1n) is 6.58. The largest absolute Gasteiger partial charge is 0.369 e. The maximum Gasteiger partial charge on any atom is 0.201 e. The minimum atomic E-state index is 0.625. The number of aryl methyl sites for hydroxylation is 1. The summed E-state index contributed by atoms with van der Waals surface area (Å²) in [5.74, 6) is 0.625. The molecule has 3 rings (SSSR count). The first-order valence-corrected chi connectivity index (χ1v) is 6.58. The molecule has 0 amide bonds. The van der Waals surface area contributed by atoms with Crippen LogP contribution in [0, 0.1) is 6.92 Å². The van der Waals surface area contributed by atoms with Crippen LogP contribution in [0.15, 0.2) is 18.2 Å². The lowest BCUT2D eigenvalue weighted by Crippen LogP contribution is -2.25. The van der Waals surface area contributed by atoms with Crippen molar-refractivity contribution in [3.63, 3.8) is 0 Å². The third kappa shape index (κ3) is 2.08. The molecule has 1 heterocycles. The minimum Gasteiger partial charge on any atom is -0.369 e. The molecule has 0 bridgehead atoms. The first-order chi connectivity index (χ1) is 8.65. The number of nitrogen functional groups attached to an aromatic ring is 1. The lowest BCUT2D eigenvalue weighted by Gasteiger charge is -2.16. The van der Waals surface area contributed by atoms with Crippen molar-refractivity contribution in [3.8, 4) is 0 Å². The van der Waals surface area contributed by atoms with Crippen molar-refractivity contribution in [1.82, 2.24) is 14.5 Å². The van der Waals surface area contributed by atoms with Crippen LogP contribution in [-0.4, -0.2) is 34.1 Å². The highest BCUT2D eigenvalue weighted by molar-refractivity contribution is 5.79. The number of aromatic nitrogens is 2. The van der Waals surface area contributed by atoms with E-state index in [2.05, 4.69) is 40.6 Å². The molecular formula is C14H20N4. The van der Waals surface area contributed by atoms with Crippen molar-refractivity contribution in [2.75, 3.05) is 19.3 Å². The predicted octanol–water partition coefficient (Wildman–Crippen LogP) is 2.02. The van der Waals surface area contributed by atoms with E-state index in [9.17, 15) is 0 Å². The summed E-state index contributed by atoms with van der Waals surface area (Å²) in [5, 5.41) is 0. The van der Waals surface area contributed by atoms with Crippen molar-refractivity contribution in [2.45, 2.75) is 32.4 Å². The van der Waals surface area contributed by atoms with Crippen LogP contribution in [0.2, 0.25) is 0 Å². The first kappa shape index (κ1) is 11.5. The summed E-state index contributed by atoms with van der Waals surface area (Å²) in [6.07, 6.45) is 2.69. The molecule has 96 valence electrons. The lowest BCUT2D eigenvalue weighted by atomic mass is 10.2. The standard InChI is InChI=1S/C14H20N4/c1-10-3-6-12-13(9-10)18(14(15)16-12)8-7-17(2)11-4-5-11/h3,6,9,11H,4-5,7-8H2,1-2H3,(H2,15,16). The maximum atomic E-state index is 6.01. The van der Waals surface area contributed by atoms with Gasteiger partial charge in [0.25, 0.3) is 0 Å². The molecule has 1 fully saturated rings. The number of rotatable bonds is 4. The third-order valence-corrected chi connectivity index (χ3v) is 3.78. The zero-order valence-electron chi connectivity index (χ0n) is 11.1. The van der Waals surface area contributed by atoms with Crippen molar-refractivity contribution < 1.29 is 0 Å². The second-order valence-corrected chi connectivity index (χ2v) is 5.33. The van der Waals surface area contributed by atoms with Gasteiger partial charge in [-0.3, -0.25) is 0 Å². The fraction of sp³-hybridized carbons (Fsp3) is 0.500. The van der Waals surface area contributed by atoms with E-state index in [0.29, 0.717) is 5.95 Å². The van der Waals surface area contributed by atoms with Crippen LogP contribution in [-0.2, 0) is 6.54 Å². The lowest BCUT2D eigenvalue weighted by molar-refractivity contribution is 0.311. The number of benzene rings is 1. The van der Waals surface area contributed by atoms with Crippen LogP contribution in [0.4, 0.5) is 5.95 Å². The van der Waals surface area contributed by atoms with Crippen LogP contribution in [0.1, 0.15) is 18.4 Å². The van der Waals surface area contributed by atoms with E-state index in [-0.39, 0.29) is 0 Å². The van der Waals surface area contributed by atoms with Gasteiger partial charge < -0.3 is 15.2 Å². The van der Waals surface area contributed by atoms with Gasteiger partial charge in [-0.05, 0) is 44.5 Å². The van der Waals surface area contributed by atoms with E-state index in [1.165, 1.54) is 18.4 Å². The van der Waals surface area contributed by atoms with Gasteiger partial charge in [0, 0.05) is 19.1 Å². The molecule has 1 aliphatic rings. The van der Waals surface area contributed by atoms with Gasteiger partial charge in [0.05, 0.1) is 11.0 Å². The highest BCUT2D eigenvalue weighted by Crippen LogP contribution is 2.25. The molecule has 18 heavy (non-hydrogen) atoms. The Balaban J connectivity index is 1.85. The van der Waals surface area contributed by atoms with E-state index in [4.69, 9.17) is 5.73 Å². The zero-order chi connectivity index (χ0) is 12.7. The quantitative estimate of drug-likeness (QED) is 0.895. The average molecular weight is 244 g/mol. The molecule has 0 aliphatic heterocycles. The molecule has 4 heteroatoms. The highest BCUT2D eigenvalue weighted by Gasteiger charge is 2.25. The fourth-order valence-corrected chi connectivity index (χ4v) is 2.44. The molecule has 0 spiro atoms. The summed E-state index contributed by atoms with van der Waals surface area (Å²) >= 11 is 0. The van der Waals surface area contributed by atoms with Gasteiger partial charge in [0.15, 0.2) is 0 Å². The molecule has 0 atom stereocenters. The predicted molar refractivity (Wildman–Crippen MR) is 74.5 cm³/mol. The number of nitrogens with two attached hydrogens (primary N) is 1. The number of hydrogen-bond donors (Lipinski definition) is 1. The fourth-order valence-electron chi connectivity index (χ4n) is 2.44. The molecular weight excluding hydrogens is 224 g/mol. The second-order valence-electron chi connectivity index (χ2n) is 5.33. The molecule has 0 unspecified atom stereocenters. The maximum absolute atomic E-state index is 6.01. The zero-order valence-corrected chi connectivity index (χ0v) is 11.1. The Labute approximate surface area is 107 Å². The minimum absolute atomic E-state index is 0.625. The summed E-state index contributed by atoms with van der Waals surface area (Å²) in [6, 6.07) is 7.08. The molecule has 0 radical (unpaired) electrons. The normalized spacial score (nSPS) is 15.7. The van der Waals surface area contributed by atoms with Crippen molar-refractivity contribution >= 4 is 17.0 Å². The molecule has 1 aromatic carbocycles. The summed E-state index contributed by atoms with van der Waals surface area (Å²) in [7, 11) is 2.19. The van der Waals surface area contributed by atoms with Gasteiger partial charge >= 0.3 is 0 Å². The van der Waals surface area contributed by atoms with Crippen LogP contribution in [0.3, 0.4) is 0 Å². The summed E-state index contributed by atoms with van der Waals surface area (Å²) in [4.78, 5) is 6.83. The molecule has 1 aliphatic carbocycles. The Kier molecular flexibility index (Phi) is 2.74. The van der Waals surface area contributed by atoms with Gasteiger partial charge in [-0.1, -0.05) is 6.07 Å². The highest BCUT2D eigenvalue weighted by atomic mass is 15.2. The number of anilines is 1. The second kappa shape index (κ2) is 4.28. The van der Waals surface area contributed by atoms with Gasteiger partial charge in [-0.15, -0.1) is 0 Å². The Morgan fingerprint density at radius 3 is 2.94 bits per heavy atom. The van der Waals surface area contributed by atoms with Crippen molar-refractivity contribution in [3.05, 3.63) is 23.8 Å². The van der Waals surface area contributed by atoms with Gasteiger partial charge in [-0.25, -0.2) is 4.98 Å². The van der Waals surface area contributed by atoms with Crippen LogP contribution in [0.5, 0.6) is 0 Å². The van der Waals surface area contributed by atoms with Gasteiger partial charge in [-0.2, -0.15) is 0 Å². The van der Waals surface area contributed by atoms with Crippen molar-refractivity contribution in [2.24, 2.45) is 0 Å². The van der Waals surface area contributed by atoms with Crippen LogP contribution >= 0.6 is 0 Å².